The lowest BCUT2D eigenvalue weighted by Gasteiger charge is -2.20. The molecule has 2 aromatic rings. The van der Waals surface area contributed by atoms with Gasteiger partial charge in [0.25, 0.3) is 0 Å². The van der Waals surface area contributed by atoms with Gasteiger partial charge >= 0.3 is 0 Å². The van der Waals surface area contributed by atoms with Crippen molar-refractivity contribution >= 4 is 5.69 Å². The van der Waals surface area contributed by atoms with Gasteiger partial charge in [0.15, 0.2) is 0 Å². The summed E-state index contributed by atoms with van der Waals surface area (Å²) in [5.41, 5.74) is 3.05. The van der Waals surface area contributed by atoms with Crippen molar-refractivity contribution in [2.24, 2.45) is 0 Å². The van der Waals surface area contributed by atoms with Gasteiger partial charge in [0.05, 0.1) is 20.3 Å². The maximum Gasteiger partial charge on any atom is 0.124 e. The number of aliphatic hydroxyl groups is 1. The van der Waals surface area contributed by atoms with Gasteiger partial charge in [-0.2, -0.15) is 0 Å². The third kappa shape index (κ3) is 4.87. The van der Waals surface area contributed by atoms with E-state index >= 15 is 0 Å². The summed E-state index contributed by atoms with van der Waals surface area (Å²) in [5.74, 6) is 1.35. The van der Waals surface area contributed by atoms with Crippen LogP contribution in [0.5, 0.6) is 11.5 Å². The van der Waals surface area contributed by atoms with Crippen molar-refractivity contribution in [2.45, 2.75) is 19.1 Å². The Kier molecular flexibility index (Phi) is 6.67. The van der Waals surface area contributed by atoms with Crippen molar-refractivity contribution in [3.05, 3.63) is 53.6 Å². The summed E-state index contributed by atoms with van der Waals surface area (Å²) in [6.45, 7) is 2.50. The Balaban J connectivity index is 2.02. The lowest BCUT2D eigenvalue weighted by atomic mass is 10.1. The second-order valence-corrected chi connectivity index (χ2v) is 6.24. The summed E-state index contributed by atoms with van der Waals surface area (Å²) in [6.07, 6.45) is -0.687. The molecule has 0 radical (unpaired) electrons. The van der Waals surface area contributed by atoms with Crippen molar-refractivity contribution in [1.82, 2.24) is 5.32 Å². The first kappa shape index (κ1) is 19.1. The molecule has 0 aliphatic carbocycles. The molecule has 2 aromatic carbocycles. The van der Waals surface area contributed by atoms with Crippen LogP contribution in [0.15, 0.2) is 42.5 Å². The summed E-state index contributed by atoms with van der Waals surface area (Å²) >= 11 is 0. The molecule has 5 heteroatoms. The van der Waals surface area contributed by atoms with E-state index in [0.29, 0.717) is 23.6 Å². The topological polar surface area (TPSA) is 54.0 Å². The highest BCUT2D eigenvalue weighted by Crippen LogP contribution is 2.29. The number of nitrogens with one attached hydrogen (secondary N) is 1. The van der Waals surface area contributed by atoms with Gasteiger partial charge in [0, 0.05) is 37.9 Å². The van der Waals surface area contributed by atoms with Crippen LogP contribution in [0.4, 0.5) is 5.69 Å². The molecule has 0 aromatic heterocycles. The molecule has 2 unspecified atom stereocenters. The highest BCUT2D eigenvalue weighted by molar-refractivity contribution is 5.46. The fourth-order valence-electron chi connectivity index (χ4n) is 2.68. The van der Waals surface area contributed by atoms with Gasteiger partial charge in [-0.25, -0.2) is 0 Å². The molecule has 25 heavy (non-hydrogen) atoms. The van der Waals surface area contributed by atoms with Crippen LogP contribution in [-0.2, 0) is 0 Å². The van der Waals surface area contributed by atoms with Crippen molar-refractivity contribution in [3.8, 4) is 11.5 Å². The first-order chi connectivity index (χ1) is 12.0. The number of benzene rings is 2. The minimum Gasteiger partial charge on any atom is -0.497 e. The molecular formula is C20H28N2O3. The van der Waals surface area contributed by atoms with E-state index in [4.69, 9.17) is 9.47 Å². The number of hydrogen-bond donors (Lipinski definition) is 2. The molecular weight excluding hydrogens is 316 g/mol. The predicted octanol–water partition coefficient (Wildman–Crippen LogP) is 3.15. The Morgan fingerprint density at radius 1 is 1.04 bits per heavy atom. The van der Waals surface area contributed by atoms with E-state index in [1.54, 1.807) is 20.3 Å². The number of methoxy groups -OCH3 is 2. The lowest BCUT2D eigenvalue weighted by molar-refractivity contribution is 0.166. The molecule has 0 fully saturated rings. The van der Waals surface area contributed by atoms with Gasteiger partial charge in [-0.05, 0) is 42.8 Å². The summed E-state index contributed by atoms with van der Waals surface area (Å²) in [6, 6.07) is 13.9. The van der Waals surface area contributed by atoms with Crippen LogP contribution in [0.3, 0.4) is 0 Å². The minimum absolute atomic E-state index is 0.127. The highest BCUT2D eigenvalue weighted by Gasteiger charge is 2.16. The van der Waals surface area contributed by atoms with Crippen LogP contribution >= 0.6 is 0 Å². The molecule has 0 aliphatic heterocycles. The smallest absolute Gasteiger partial charge is 0.124 e. The normalized spacial score (nSPS) is 13.2. The molecule has 2 N–H and O–H groups in total. The number of rotatable bonds is 8. The third-order valence-corrected chi connectivity index (χ3v) is 4.32. The standard InChI is InChI=1S/C20H28N2O3/c1-14(15-6-8-16(9-7-15)22(2)3)21-13-19(23)18-12-17(24-4)10-11-20(18)25-5/h6-12,14,19,21,23H,13H2,1-5H3. The maximum atomic E-state index is 10.6. The van der Waals surface area contributed by atoms with Crippen molar-refractivity contribution < 1.29 is 14.6 Å². The van der Waals surface area contributed by atoms with Crippen LogP contribution in [0.2, 0.25) is 0 Å². The van der Waals surface area contributed by atoms with Crippen LogP contribution in [0.1, 0.15) is 30.2 Å². The van der Waals surface area contributed by atoms with E-state index in [1.165, 1.54) is 5.56 Å². The molecule has 0 amide bonds. The summed E-state index contributed by atoms with van der Waals surface area (Å²) < 4.78 is 10.6. The molecule has 2 rings (SSSR count). The van der Waals surface area contributed by atoms with Crippen LogP contribution in [-0.4, -0.2) is 40.0 Å². The van der Waals surface area contributed by atoms with Gasteiger partial charge in [-0.1, -0.05) is 12.1 Å². The number of nitrogens with zero attached hydrogens (tertiary/aromatic N) is 1. The number of ether oxygens (including phenoxy) is 2. The predicted molar refractivity (Wildman–Crippen MR) is 102 cm³/mol. The highest BCUT2D eigenvalue weighted by atomic mass is 16.5. The van der Waals surface area contributed by atoms with E-state index in [1.807, 2.05) is 26.2 Å². The molecule has 2 atom stereocenters. The van der Waals surface area contributed by atoms with Crippen molar-refractivity contribution in [3.63, 3.8) is 0 Å². The summed E-state index contributed by atoms with van der Waals surface area (Å²) in [5, 5.41) is 13.9. The fraction of sp³-hybridized carbons (Fsp3) is 0.400. The Morgan fingerprint density at radius 2 is 1.72 bits per heavy atom. The quantitative estimate of drug-likeness (QED) is 0.770. The number of anilines is 1. The number of hydrogen-bond acceptors (Lipinski definition) is 5. The van der Waals surface area contributed by atoms with Crippen LogP contribution < -0.4 is 19.7 Å². The first-order valence-corrected chi connectivity index (χ1v) is 8.37. The van der Waals surface area contributed by atoms with Crippen molar-refractivity contribution in [1.29, 1.82) is 0 Å². The fourth-order valence-corrected chi connectivity index (χ4v) is 2.68. The van der Waals surface area contributed by atoms with Gasteiger partial charge in [-0.3, -0.25) is 0 Å². The van der Waals surface area contributed by atoms with Crippen molar-refractivity contribution in [2.75, 3.05) is 39.8 Å². The Hall–Kier alpha value is -2.24. The molecule has 0 spiro atoms. The molecule has 0 saturated carbocycles. The second kappa shape index (κ2) is 8.74. The van der Waals surface area contributed by atoms with Crippen LogP contribution in [0, 0.1) is 0 Å². The van der Waals surface area contributed by atoms with E-state index in [-0.39, 0.29) is 6.04 Å². The van der Waals surface area contributed by atoms with Gasteiger partial charge in [0.2, 0.25) is 0 Å². The Bertz CT molecular complexity index is 671. The lowest BCUT2D eigenvalue weighted by Crippen LogP contribution is -2.25. The average molecular weight is 344 g/mol. The summed E-state index contributed by atoms with van der Waals surface area (Å²) in [7, 11) is 7.25. The molecule has 0 saturated heterocycles. The van der Waals surface area contributed by atoms with Crippen LogP contribution in [0.25, 0.3) is 0 Å². The number of aliphatic hydroxyl groups excluding tert-OH is 1. The monoisotopic (exact) mass is 344 g/mol. The zero-order valence-corrected chi connectivity index (χ0v) is 15.6. The zero-order valence-electron chi connectivity index (χ0n) is 15.6. The van der Waals surface area contributed by atoms with Gasteiger partial charge in [0.1, 0.15) is 11.5 Å². The first-order valence-electron chi connectivity index (χ1n) is 8.37. The SMILES string of the molecule is COc1ccc(OC)c(C(O)CNC(C)c2ccc(N(C)C)cc2)c1. The Morgan fingerprint density at radius 3 is 2.28 bits per heavy atom. The van der Waals surface area contributed by atoms with E-state index in [0.717, 1.165) is 5.69 Å². The second-order valence-electron chi connectivity index (χ2n) is 6.24. The molecule has 0 bridgehead atoms. The molecule has 0 aliphatic rings. The zero-order chi connectivity index (χ0) is 18.4. The molecule has 0 heterocycles. The largest absolute Gasteiger partial charge is 0.497 e. The summed E-state index contributed by atoms with van der Waals surface area (Å²) in [4.78, 5) is 2.07. The maximum absolute atomic E-state index is 10.6. The van der Waals surface area contributed by atoms with E-state index in [2.05, 4.69) is 41.4 Å². The molecule has 5 nitrogen and oxygen atoms in total. The Labute approximate surface area is 150 Å². The average Bonchev–Trinajstić information content (AvgIpc) is 2.65. The molecule has 136 valence electrons. The van der Waals surface area contributed by atoms with Gasteiger partial charge < -0.3 is 24.8 Å². The van der Waals surface area contributed by atoms with Gasteiger partial charge in [-0.15, -0.1) is 0 Å². The van der Waals surface area contributed by atoms with E-state index in [9.17, 15) is 5.11 Å². The van der Waals surface area contributed by atoms with E-state index < -0.39 is 6.10 Å². The third-order valence-electron chi connectivity index (χ3n) is 4.32. The minimum atomic E-state index is -0.687.